The summed E-state index contributed by atoms with van der Waals surface area (Å²) in [5.74, 6) is -0.484. The molecule has 2 N–H and O–H groups in total. The molecular formula is C19H16FN5OS. The van der Waals surface area contributed by atoms with Crippen molar-refractivity contribution in [1.82, 2.24) is 20.2 Å². The maximum atomic E-state index is 13.5. The summed E-state index contributed by atoms with van der Waals surface area (Å²) in [6, 6.07) is 12.0. The number of rotatable bonds is 4. The number of halogens is 1. The van der Waals surface area contributed by atoms with Gasteiger partial charge in [0.2, 0.25) is 11.1 Å². The number of benzene rings is 2. The Labute approximate surface area is 158 Å². The number of para-hydroxylation sites is 1. The summed E-state index contributed by atoms with van der Waals surface area (Å²) in [7, 11) is 0. The quantitative estimate of drug-likeness (QED) is 0.521. The van der Waals surface area contributed by atoms with Crippen LogP contribution in [-0.2, 0) is 4.79 Å². The smallest absolute Gasteiger partial charge is 0.237 e. The third kappa shape index (κ3) is 3.48. The van der Waals surface area contributed by atoms with Crippen LogP contribution in [0.1, 0.15) is 12.5 Å². The van der Waals surface area contributed by atoms with Gasteiger partial charge in [-0.15, -0.1) is 10.2 Å². The van der Waals surface area contributed by atoms with E-state index < -0.39 is 5.25 Å². The van der Waals surface area contributed by atoms with Gasteiger partial charge in [0.25, 0.3) is 0 Å². The standard InChI is InChI=1S/C19H16FN5OS/c1-10-5-3-4-6-14(10)22-18(26)11(2)27-19-23-17-16(24-25-19)13-9-12(20)7-8-15(13)21-17/h3-9,11H,1-2H3,(H,22,26)(H,21,23,25)/t11-/m1/s1. The number of anilines is 1. The fourth-order valence-electron chi connectivity index (χ4n) is 2.74. The van der Waals surface area contributed by atoms with Crippen LogP contribution < -0.4 is 5.32 Å². The molecule has 2 aromatic carbocycles. The molecule has 8 heteroatoms. The number of aromatic nitrogens is 4. The molecule has 4 aromatic rings. The third-order valence-electron chi connectivity index (χ3n) is 4.21. The first-order valence-corrected chi connectivity index (χ1v) is 9.24. The van der Waals surface area contributed by atoms with Crippen molar-refractivity contribution in [3.63, 3.8) is 0 Å². The van der Waals surface area contributed by atoms with E-state index in [1.807, 2.05) is 31.2 Å². The number of carbonyl (C=O) groups is 1. The number of hydrogen-bond donors (Lipinski definition) is 2. The molecule has 2 aromatic heterocycles. The van der Waals surface area contributed by atoms with Gasteiger partial charge in [0.15, 0.2) is 5.65 Å². The van der Waals surface area contributed by atoms with E-state index in [1.165, 1.54) is 23.9 Å². The molecule has 0 fully saturated rings. The Morgan fingerprint density at radius 2 is 2.04 bits per heavy atom. The van der Waals surface area contributed by atoms with Crippen molar-refractivity contribution in [2.45, 2.75) is 24.3 Å². The van der Waals surface area contributed by atoms with Crippen molar-refractivity contribution < 1.29 is 9.18 Å². The largest absolute Gasteiger partial charge is 0.338 e. The minimum Gasteiger partial charge on any atom is -0.338 e. The van der Waals surface area contributed by atoms with E-state index in [0.29, 0.717) is 21.7 Å². The van der Waals surface area contributed by atoms with Gasteiger partial charge in [-0.25, -0.2) is 9.37 Å². The van der Waals surface area contributed by atoms with Crippen molar-refractivity contribution >= 4 is 45.4 Å². The molecule has 0 aliphatic heterocycles. The summed E-state index contributed by atoms with van der Waals surface area (Å²) in [5, 5.41) is 11.7. The number of amides is 1. The van der Waals surface area contributed by atoms with Crippen molar-refractivity contribution in [2.24, 2.45) is 0 Å². The molecular weight excluding hydrogens is 365 g/mol. The Bertz CT molecular complexity index is 1160. The van der Waals surface area contributed by atoms with E-state index in [4.69, 9.17) is 0 Å². The summed E-state index contributed by atoms with van der Waals surface area (Å²) >= 11 is 1.21. The number of carbonyl (C=O) groups excluding carboxylic acids is 1. The van der Waals surface area contributed by atoms with Crippen LogP contribution in [0.5, 0.6) is 0 Å². The van der Waals surface area contributed by atoms with Crippen LogP contribution in [0.3, 0.4) is 0 Å². The number of nitrogens with zero attached hydrogens (tertiary/aromatic N) is 3. The topological polar surface area (TPSA) is 83.6 Å². The van der Waals surface area contributed by atoms with Gasteiger partial charge < -0.3 is 10.3 Å². The Morgan fingerprint density at radius 1 is 1.22 bits per heavy atom. The van der Waals surface area contributed by atoms with Crippen LogP contribution >= 0.6 is 11.8 Å². The highest BCUT2D eigenvalue weighted by Gasteiger charge is 2.18. The first-order valence-electron chi connectivity index (χ1n) is 8.36. The number of H-pyrrole nitrogens is 1. The van der Waals surface area contributed by atoms with Gasteiger partial charge in [-0.05, 0) is 43.7 Å². The highest BCUT2D eigenvalue weighted by molar-refractivity contribution is 8.00. The van der Waals surface area contributed by atoms with Crippen molar-refractivity contribution in [3.05, 3.63) is 53.8 Å². The van der Waals surface area contributed by atoms with Gasteiger partial charge in [-0.2, -0.15) is 0 Å². The van der Waals surface area contributed by atoms with Crippen molar-refractivity contribution in [1.29, 1.82) is 0 Å². The van der Waals surface area contributed by atoms with Crippen LogP contribution in [0.4, 0.5) is 10.1 Å². The molecule has 136 valence electrons. The lowest BCUT2D eigenvalue weighted by Crippen LogP contribution is -2.23. The van der Waals surface area contributed by atoms with Gasteiger partial charge in [0, 0.05) is 16.6 Å². The van der Waals surface area contributed by atoms with Crippen LogP contribution in [-0.4, -0.2) is 31.3 Å². The Morgan fingerprint density at radius 3 is 2.85 bits per heavy atom. The van der Waals surface area contributed by atoms with E-state index in [9.17, 15) is 9.18 Å². The number of hydrogen-bond acceptors (Lipinski definition) is 5. The first-order chi connectivity index (χ1) is 13.0. The average Bonchev–Trinajstić information content (AvgIpc) is 3.00. The van der Waals surface area contributed by atoms with Crippen LogP contribution in [0, 0.1) is 12.7 Å². The SMILES string of the molecule is Cc1ccccc1NC(=O)[C@@H](C)Sc1nnc2c(n1)[nH]c1ccc(F)cc12. The molecule has 0 bridgehead atoms. The molecule has 0 aliphatic carbocycles. The van der Waals surface area contributed by atoms with Crippen LogP contribution in [0.15, 0.2) is 47.6 Å². The number of nitrogens with one attached hydrogen (secondary N) is 2. The molecule has 4 rings (SSSR count). The molecule has 0 saturated heterocycles. The minimum absolute atomic E-state index is 0.142. The zero-order valence-corrected chi connectivity index (χ0v) is 15.5. The highest BCUT2D eigenvalue weighted by Crippen LogP contribution is 2.26. The minimum atomic E-state index is -0.411. The Balaban J connectivity index is 1.54. The lowest BCUT2D eigenvalue weighted by molar-refractivity contribution is -0.115. The monoisotopic (exact) mass is 381 g/mol. The molecule has 2 heterocycles. The van der Waals surface area contributed by atoms with E-state index in [2.05, 4.69) is 25.5 Å². The molecule has 1 atom stereocenters. The fourth-order valence-corrected chi connectivity index (χ4v) is 3.45. The van der Waals surface area contributed by atoms with E-state index >= 15 is 0 Å². The van der Waals surface area contributed by atoms with Crippen LogP contribution in [0.25, 0.3) is 22.1 Å². The third-order valence-corrected chi connectivity index (χ3v) is 5.16. The van der Waals surface area contributed by atoms with Crippen LogP contribution in [0.2, 0.25) is 0 Å². The van der Waals surface area contributed by atoms with Crippen molar-refractivity contribution in [3.8, 4) is 0 Å². The second kappa shape index (κ2) is 6.96. The first kappa shape index (κ1) is 17.4. The Kier molecular flexibility index (Phi) is 4.49. The molecule has 27 heavy (non-hydrogen) atoms. The Hall–Kier alpha value is -3.00. The lowest BCUT2D eigenvalue weighted by Gasteiger charge is -2.12. The number of fused-ring (bicyclic) bond motifs is 3. The molecule has 0 radical (unpaired) electrons. The van der Waals surface area contributed by atoms with Gasteiger partial charge >= 0.3 is 0 Å². The van der Waals surface area contributed by atoms with Gasteiger partial charge in [0.05, 0.1) is 5.25 Å². The second-order valence-electron chi connectivity index (χ2n) is 6.17. The zero-order chi connectivity index (χ0) is 19.0. The summed E-state index contributed by atoms with van der Waals surface area (Å²) in [5.41, 5.74) is 3.53. The number of aryl methyl sites for hydroxylation is 1. The van der Waals surface area contributed by atoms with E-state index in [1.54, 1.807) is 13.0 Å². The normalized spacial score (nSPS) is 12.4. The predicted molar refractivity (Wildman–Crippen MR) is 104 cm³/mol. The zero-order valence-electron chi connectivity index (χ0n) is 14.7. The lowest BCUT2D eigenvalue weighted by atomic mass is 10.2. The molecule has 0 aliphatic rings. The summed E-state index contributed by atoms with van der Waals surface area (Å²) in [6.45, 7) is 3.72. The molecule has 6 nitrogen and oxygen atoms in total. The molecule has 0 spiro atoms. The molecule has 0 saturated carbocycles. The number of thioether (sulfide) groups is 1. The predicted octanol–water partition coefficient (Wildman–Crippen LogP) is 4.07. The summed E-state index contributed by atoms with van der Waals surface area (Å²) < 4.78 is 13.5. The fraction of sp³-hybridized carbons (Fsp3) is 0.158. The maximum Gasteiger partial charge on any atom is 0.237 e. The van der Waals surface area contributed by atoms with E-state index in [0.717, 1.165) is 16.8 Å². The molecule has 1 amide bonds. The van der Waals surface area contributed by atoms with Gasteiger partial charge in [-0.3, -0.25) is 4.79 Å². The maximum absolute atomic E-state index is 13.5. The van der Waals surface area contributed by atoms with Gasteiger partial charge in [0.1, 0.15) is 11.3 Å². The second-order valence-corrected chi connectivity index (χ2v) is 7.48. The van der Waals surface area contributed by atoms with Crippen molar-refractivity contribution in [2.75, 3.05) is 5.32 Å². The van der Waals surface area contributed by atoms with E-state index in [-0.39, 0.29) is 11.7 Å². The number of aromatic amines is 1. The molecule has 0 unspecified atom stereocenters. The highest BCUT2D eigenvalue weighted by atomic mass is 32.2. The average molecular weight is 381 g/mol. The summed E-state index contributed by atoms with van der Waals surface area (Å²) in [4.78, 5) is 20.0. The summed E-state index contributed by atoms with van der Waals surface area (Å²) in [6.07, 6.45) is 0. The van der Waals surface area contributed by atoms with Gasteiger partial charge in [-0.1, -0.05) is 30.0 Å².